The maximum Gasteiger partial charge on any atom is 0.155 e. The Hall–Kier alpha value is -1.50. The number of nitrogens with zero attached hydrogens (tertiary/aromatic N) is 5. The van der Waals surface area contributed by atoms with Gasteiger partial charge in [0.25, 0.3) is 0 Å². The molecule has 0 spiro atoms. The number of aliphatic hydroxyl groups excluding tert-OH is 1. The van der Waals surface area contributed by atoms with Crippen molar-refractivity contribution in [3.63, 3.8) is 0 Å². The molecule has 1 aliphatic heterocycles. The van der Waals surface area contributed by atoms with E-state index in [4.69, 9.17) is 0 Å². The summed E-state index contributed by atoms with van der Waals surface area (Å²) in [5, 5.41) is 14.2. The molecule has 3 rings (SSSR count). The molecular formula is C14H21N5O. The summed E-state index contributed by atoms with van der Waals surface area (Å²) in [6, 6.07) is 4.36. The average Bonchev–Trinajstić information content (AvgIpc) is 2.88. The highest BCUT2D eigenvalue weighted by Gasteiger charge is 2.29. The van der Waals surface area contributed by atoms with Crippen LogP contribution in [0.2, 0.25) is 0 Å². The Morgan fingerprint density at radius 2 is 2.30 bits per heavy atom. The van der Waals surface area contributed by atoms with Gasteiger partial charge in [-0.05, 0) is 38.2 Å². The molecule has 6 nitrogen and oxygen atoms in total. The van der Waals surface area contributed by atoms with E-state index in [-0.39, 0.29) is 12.1 Å². The van der Waals surface area contributed by atoms with Crippen LogP contribution in [0.15, 0.2) is 24.7 Å². The van der Waals surface area contributed by atoms with E-state index >= 15 is 0 Å². The highest BCUT2D eigenvalue weighted by atomic mass is 16.3. The fourth-order valence-corrected chi connectivity index (χ4v) is 2.85. The lowest BCUT2D eigenvalue weighted by atomic mass is 10.0. The Bertz CT molecular complexity index is 582. The van der Waals surface area contributed by atoms with Crippen molar-refractivity contribution in [2.45, 2.75) is 25.1 Å². The average molecular weight is 275 g/mol. The van der Waals surface area contributed by atoms with Crippen LogP contribution in [0.25, 0.3) is 5.65 Å². The third-order valence-corrected chi connectivity index (χ3v) is 4.05. The van der Waals surface area contributed by atoms with E-state index < -0.39 is 0 Å². The molecule has 0 saturated carbocycles. The van der Waals surface area contributed by atoms with E-state index in [0.29, 0.717) is 0 Å². The Kier molecular flexibility index (Phi) is 3.69. The number of pyridine rings is 1. The molecule has 0 bridgehead atoms. The summed E-state index contributed by atoms with van der Waals surface area (Å²) in [4.78, 5) is 8.71. The predicted molar refractivity (Wildman–Crippen MR) is 76.4 cm³/mol. The fraction of sp³-hybridized carbons (Fsp3) is 0.571. The third-order valence-electron chi connectivity index (χ3n) is 4.05. The van der Waals surface area contributed by atoms with Gasteiger partial charge in [-0.1, -0.05) is 0 Å². The van der Waals surface area contributed by atoms with Crippen molar-refractivity contribution in [2.24, 2.45) is 0 Å². The van der Waals surface area contributed by atoms with Gasteiger partial charge in [-0.3, -0.25) is 4.90 Å². The molecule has 0 aromatic carbocycles. The largest absolute Gasteiger partial charge is 0.391 e. The lowest BCUT2D eigenvalue weighted by molar-refractivity contribution is 0.00454. The molecule has 0 radical (unpaired) electrons. The summed E-state index contributed by atoms with van der Waals surface area (Å²) in [5.74, 6) is 0. The molecule has 1 fully saturated rings. The van der Waals surface area contributed by atoms with Crippen molar-refractivity contribution in [2.75, 3.05) is 27.2 Å². The smallest absolute Gasteiger partial charge is 0.155 e. The van der Waals surface area contributed by atoms with Crippen LogP contribution >= 0.6 is 0 Å². The molecular weight excluding hydrogens is 254 g/mol. The number of aromatic nitrogens is 3. The summed E-state index contributed by atoms with van der Waals surface area (Å²) >= 11 is 0. The zero-order chi connectivity index (χ0) is 14.1. The van der Waals surface area contributed by atoms with Gasteiger partial charge >= 0.3 is 0 Å². The molecule has 2 aromatic heterocycles. The van der Waals surface area contributed by atoms with Crippen molar-refractivity contribution in [1.29, 1.82) is 0 Å². The van der Waals surface area contributed by atoms with Crippen LogP contribution in [0.5, 0.6) is 0 Å². The number of likely N-dealkylation sites (N-methyl/N-ethyl adjacent to an activating group) is 1. The predicted octanol–water partition coefficient (Wildman–Crippen LogP) is 0.226. The van der Waals surface area contributed by atoms with Crippen LogP contribution in [0.1, 0.15) is 12.0 Å². The molecule has 0 unspecified atom stereocenters. The van der Waals surface area contributed by atoms with Crippen molar-refractivity contribution >= 4 is 5.65 Å². The molecule has 2 atom stereocenters. The number of hydrogen-bond donors (Lipinski definition) is 1. The molecule has 2 aromatic rings. The van der Waals surface area contributed by atoms with Gasteiger partial charge < -0.3 is 10.0 Å². The van der Waals surface area contributed by atoms with Gasteiger partial charge in [-0.25, -0.2) is 9.50 Å². The van der Waals surface area contributed by atoms with Crippen LogP contribution in [-0.2, 0) is 6.54 Å². The minimum atomic E-state index is -0.222. The van der Waals surface area contributed by atoms with Crippen molar-refractivity contribution in [3.05, 3.63) is 30.2 Å². The van der Waals surface area contributed by atoms with Gasteiger partial charge in [-0.15, -0.1) is 0 Å². The molecule has 3 heterocycles. The quantitative estimate of drug-likeness (QED) is 0.869. The van der Waals surface area contributed by atoms with E-state index in [2.05, 4.69) is 32.0 Å². The van der Waals surface area contributed by atoms with Crippen LogP contribution < -0.4 is 0 Å². The van der Waals surface area contributed by atoms with Gasteiger partial charge in [0.05, 0.1) is 6.10 Å². The third kappa shape index (κ3) is 2.67. The topological polar surface area (TPSA) is 56.9 Å². The van der Waals surface area contributed by atoms with E-state index in [1.807, 2.05) is 20.3 Å². The number of aliphatic hydroxyl groups is 1. The first-order valence-corrected chi connectivity index (χ1v) is 6.98. The number of hydrogen-bond acceptors (Lipinski definition) is 5. The summed E-state index contributed by atoms with van der Waals surface area (Å²) in [5.41, 5.74) is 2.11. The summed E-state index contributed by atoms with van der Waals surface area (Å²) in [6.07, 6.45) is 4.12. The minimum Gasteiger partial charge on any atom is -0.391 e. The number of fused-ring (bicyclic) bond motifs is 1. The summed E-state index contributed by atoms with van der Waals surface area (Å²) in [6.45, 7) is 2.72. The maximum absolute atomic E-state index is 10.0. The van der Waals surface area contributed by atoms with E-state index in [0.717, 1.165) is 31.7 Å². The van der Waals surface area contributed by atoms with Crippen LogP contribution in [0.3, 0.4) is 0 Å². The van der Waals surface area contributed by atoms with E-state index in [1.54, 1.807) is 10.8 Å². The standard InChI is InChI=1S/C14H21N5O/c1-17(2)12-9-18(5-4-13(12)20)8-11-3-6-19-14(7-11)15-10-16-19/h3,6-7,10,12-13,20H,4-5,8-9H2,1-2H3/t12-,13-/m0/s1. The zero-order valence-electron chi connectivity index (χ0n) is 12.0. The van der Waals surface area contributed by atoms with Crippen molar-refractivity contribution < 1.29 is 5.11 Å². The molecule has 108 valence electrons. The van der Waals surface area contributed by atoms with Gasteiger partial charge in [-0.2, -0.15) is 5.10 Å². The second-order valence-corrected chi connectivity index (χ2v) is 5.72. The van der Waals surface area contributed by atoms with Gasteiger partial charge in [0.15, 0.2) is 5.65 Å². The number of piperidine rings is 1. The SMILES string of the molecule is CN(C)[C@H]1CN(Cc2ccn3ncnc3c2)CC[C@@H]1O. The Morgan fingerprint density at radius 1 is 1.45 bits per heavy atom. The molecule has 1 saturated heterocycles. The molecule has 1 N–H and O–H groups in total. The minimum absolute atomic E-state index is 0.209. The Labute approximate surface area is 118 Å². The highest BCUT2D eigenvalue weighted by molar-refractivity contribution is 5.39. The zero-order valence-corrected chi connectivity index (χ0v) is 12.0. The molecule has 0 amide bonds. The van der Waals surface area contributed by atoms with Gasteiger partial charge in [0.2, 0.25) is 0 Å². The normalized spacial score (nSPS) is 24.6. The van der Waals surface area contributed by atoms with Crippen molar-refractivity contribution in [1.82, 2.24) is 24.4 Å². The van der Waals surface area contributed by atoms with Crippen LogP contribution in [0, 0.1) is 0 Å². The summed E-state index contributed by atoms with van der Waals surface area (Å²) < 4.78 is 1.77. The van der Waals surface area contributed by atoms with E-state index in [1.165, 1.54) is 5.56 Å². The first kappa shape index (κ1) is 13.5. The van der Waals surface area contributed by atoms with Gasteiger partial charge in [0, 0.05) is 31.9 Å². The summed E-state index contributed by atoms with van der Waals surface area (Å²) in [7, 11) is 4.05. The van der Waals surface area contributed by atoms with Crippen LogP contribution in [-0.4, -0.2) is 68.8 Å². The monoisotopic (exact) mass is 275 g/mol. The highest BCUT2D eigenvalue weighted by Crippen LogP contribution is 2.17. The molecule has 1 aliphatic rings. The second kappa shape index (κ2) is 5.47. The second-order valence-electron chi connectivity index (χ2n) is 5.72. The van der Waals surface area contributed by atoms with E-state index in [9.17, 15) is 5.11 Å². The molecule has 0 aliphatic carbocycles. The fourth-order valence-electron chi connectivity index (χ4n) is 2.85. The Morgan fingerprint density at radius 3 is 3.10 bits per heavy atom. The first-order valence-electron chi connectivity index (χ1n) is 6.98. The molecule has 20 heavy (non-hydrogen) atoms. The first-order chi connectivity index (χ1) is 9.63. The lowest BCUT2D eigenvalue weighted by Gasteiger charge is -2.39. The maximum atomic E-state index is 10.0. The van der Waals surface area contributed by atoms with Gasteiger partial charge in [0.1, 0.15) is 6.33 Å². The van der Waals surface area contributed by atoms with Crippen molar-refractivity contribution in [3.8, 4) is 0 Å². The van der Waals surface area contributed by atoms with Crippen LogP contribution in [0.4, 0.5) is 0 Å². The molecule has 6 heteroatoms. The number of likely N-dealkylation sites (tertiary alicyclic amines) is 1. The lowest BCUT2D eigenvalue weighted by Crippen LogP contribution is -2.52. The Balaban J connectivity index is 1.70. The number of rotatable bonds is 3.